The van der Waals surface area contributed by atoms with Crippen molar-refractivity contribution < 1.29 is 23.6 Å². The Bertz CT molecular complexity index is 1930. The Morgan fingerprint density at radius 2 is 1.57 bits per heavy atom. The van der Waals surface area contributed by atoms with Crippen molar-refractivity contribution in [3.05, 3.63) is 113 Å². The summed E-state index contributed by atoms with van der Waals surface area (Å²) in [7, 11) is 0. The van der Waals surface area contributed by atoms with E-state index >= 15 is 4.39 Å². The van der Waals surface area contributed by atoms with Gasteiger partial charge in [0.1, 0.15) is 27.4 Å². The van der Waals surface area contributed by atoms with Gasteiger partial charge < -0.3 is 14.6 Å². The fraction of sp³-hybridized carbons (Fsp3) is 0.250. The van der Waals surface area contributed by atoms with Crippen LogP contribution in [0.15, 0.2) is 90.1 Å². The second-order valence-electron chi connectivity index (χ2n) is 10.6. The molecule has 238 valence electrons. The summed E-state index contributed by atoms with van der Waals surface area (Å²) in [5.41, 5.74) is 3.98. The Labute approximate surface area is 281 Å². The molecule has 6 nitrogen and oxygen atoms in total. The first-order valence-corrected chi connectivity index (χ1v) is 17.1. The summed E-state index contributed by atoms with van der Waals surface area (Å²) in [4.78, 5) is 33.4. The molecule has 4 aromatic carbocycles. The van der Waals surface area contributed by atoms with Crippen LogP contribution in [0, 0.1) is 5.82 Å². The Morgan fingerprint density at radius 3 is 2.17 bits per heavy atom. The van der Waals surface area contributed by atoms with E-state index in [1.165, 1.54) is 19.1 Å². The molecule has 3 unspecified atom stereocenters. The predicted octanol–water partition coefficient (Wildman–Crippen LogP) is 9.56. The van der Waals surface area contributed by atoms with Crippen molar-refractivity contribution in [1.82, 2.24) is 4.98 Å². The largest absolute Gasteiger partial charge is 0.492 e. The summed E-state index contributed by atoms with van der Waals surface area (Å²) in [5, 5.41) is 6.23. The molecule has 0 aliphatic carbocycles. The molecule has 1 aliphatic heterocycles. The highest BCUT2D eigenvalue weighted by Crippen LogP contribution is 2.54. The number of rotatable bonds is 8. The lowest BCUT2D eigenvalue weighted by atomic mass is 9.98. The summed E-state index contributed by atoms with van der Waals surface area (Å²) in [5.74, 6) is -1.24. The van der Waals surface area contributed by atoms with Crippen LogP contribution >= 0.6 is 35.1 Å². The Balaban J connectivity index is 0.00000204. The van der Waals surface area contributed by atoms with Crippen molar-refractivity contribution >= 4 is 74.4 Å². The van der Waals surface area contributed by atoms with Crippen LogP contribution in [0.5, 0.6) is 5.75 Å². The molecule has 2 heterocycles. The zero-order valence-corrected chi connectivity index (χ0v) is 28.5. The summed E-state index contributed by atoms with van der Waals surface area (Å²) in [6.07, 6.45) is 0. The number of nitrogens with one attached hydrogen (secondary N) is 1. The van der Waals surface area contributed by atoms with E-state index in [-0.39, 0.29) is 10.8 Å². The first-order valence-electron chi connectivity index (χ1n) is 15.0. The number of aromatic nitrogens is 1. The smallest absolute Gasteiger partial charge is 0.332 e. The number of carbonyl (C=O) groups excluding carboxylic acids is 2. The number of ether oxygens (including phenoxy) is 1. The van der Waals surface area contributed by atoms with E-state index in [1.54, 1.807) is 41.7 Å². The van der Waals surface area contributed by atoms with Crippen LogP contribution in [-0.4, -0.2) is 43.1 Å². The fourth-order valence-electron chi connectivity index (χ4n) is 5.24. The molecule has 0 spiro atoms. The highest BCUT2D eigenvalue weighted by molar-refractivity contribution is 8.23. The maximum absolute atomic E-state index is 15.2. The molecule has 5 aromatic rings. The third-order valence-electron chi connectivity index (χ3n) is 7.33. The van der Waals surface area contributed by atoms with Crippen LogP contribution < -0.4 is 4.74 Å². The molecule has 46 heavy (non-hydrogen) atoms. The number of aromatic amines is 1. The third-order valence-corrected chi connectivity index (χ3v) is 11.0. The van der Waals surface area contributed by atoms with E-state index in [4.69, 9.17) is 21.2 Å². The quantitative estimate of drug-likeness (QED) is 0.0580. The van der Waals surface area contributed by atoms with Gasteiger partial charge in [-0.3, -0.25) is 4.79 Å². The lowest BCUT2D eigenvalue weighted by molar-refractivity contribution is -0.140. The van der Waals surface area contributed by atoms with Crippen molar-refractivity contribution in [2.24, 2.45) is 5.16 Å². The third kappa shape index (κ3) is 7.43. The van der Waals surface area contributed by atoms with Crippen LogP contribution in [0.4, 0.5) is 4.39 Å². The molecule has 1 saturated heterocycles. The molecule has 0 saturated carbocycles. The van der Waals surface area contributed by atoms with Crippen molar-refractivity contribution in [2.45, 2.75) is 48.7 Å². The van der Waals surface area contributed by atoms with Gasteiger partial charge >= 0.3 is 5.97 Å². The SMILES string of the molecule is CC.CC(=O)O/N=C(\c1ccccc1)c1ccc2[nH]c3ccc(C(=O)c4ccc(OCC5SC(C)(Cl)SC5C)cc4F)cc3c2c1. The highest BCUT2D eigenvalue weighted by Gasteiger charge is 2.40. The molecule has 6 rings (SSSR count). The molecule has 0 amide bonds. The summed E-state index contributed by atoms with van der Waals surface area (Å²) < 4.78 is 20.7. The van der Waals surface area contributed by atoms with Gasteiger partial charge in [0.15, 0.2) is 5.78 Å². The zero-order chi connectivity index (χ0) is 33.0. The number of halogens is 2. The second-order valence-corrected chi connectivity index (χ2v) is 15.5. The van der Waals surface area contributed by atoms with Crippen LogP contribution in [0.25, 0.3) is 21.8 Å². The van der Waals surface area contributed by atoms with Gasteiger partial charge in [-0.2, -0.15) is 0 Å². The molecular weight excluding hydrogens is 643 g/mol. The summed E-state index contributed by atoms with van der Waals surface area (Å²) >= 11 is 9.78. The van der Waals surface area contributed by atoms with Gasteiger partial charge in [-0.15, -0.1) is 23.5 Å². The van der Waals surface area contributed by atoms with E-state index < -0.39 is 21.1 Å². The first kappa shape index (κ1) is 33.6. The molecule has 1 N–H and O–H groups in total. The second kappa shape index (κ2) is 14.3. The lowest BCUT2D eigenvalue weighted by Gasteiger charge is -2.15. The number of carbonyl (C=O) groups is 2. The van der Waals surface area contributed by atoms with E-state index in [1.807, 2.05) is 75.4 Å². The summed E-state index contributed by atoms with van der Waals surface area (Å²) in [6, 6.07) is 24.7. The number of hydrogen-bond acceptors (Lipinski definition) is 7. The molecule has 3 atom stereocenters. The van der Waals surface area contributed by atoms with Crippen LogP contribution in [-0.2, 0) is 9.63 Å². The van der Waals surface area contributed by atoms with Crippen molar-refractivity contribution in [3.63, 3.8) is 0 Å². The standard InChI is InChI=1S/C34H28ClFN2O4S2.C2H6/c1-19-31(44-34(3,35)43-19)18-41-24-11-12-25(28(36)17-24)33(40)23-10-14-30-27(16-23)26-15-22(9-13-29(26)37-30)32(38-42-20(2)39)21-7-5-4-6-8-21;1-2/h4-17,19,31,37H,18H2,1-3H3;1-2H3/b38-32+;. The highest BCUT2D eigenvalue weighted by atomic mass is 35.5. The van der Waals surface area contributed by atoms with Gasteiger partial charge in [0.25, 0.3) is 0 Å². The number of ketones is 1. The lowest BCUT2D eigenvalue weighted by Crippen LogP contribution is -2.20. The number of fused-ring (bicyclic) bond motifs is 3. The van der Waals surface area contributed by atoms with Gasteiger partial charge in [0, 0.05) is 56.7 Å². The van der Waals surface area contributed by atoms with Crippen LogP contribution in [0.3, 0.4) is 0 Å². The van der Waals surface area contributed by atoms with E-state index in [2.05, 4.69) is 17.1 Å². The molecule has 10 heteroatoms. The first-order chi connectivity index (χ1) is 22.1. The number of nitrogens with zero attached hydrogens (tertiary/aromatic N) is 1. The summed E-state index contributed by atoms with van der Waals surface area (Å²) in [6.45, 7) is 9.76. The number of hydrogen-bond donors (Lipinski definition) is 1. The molecule has 0 radical (unpaired) electrons. The monoisotopic (exact) mass is 676 g/mol. The molecule has 1 aromatic heterocycles. The van der Waals surface area contributed by atoms with Crippen molar-refractivity contribution in [1.29, 1.82) is 0 Å². The average molecular weight is 677 g/mol. The fourth-order valence-corrected chi connectivity index (χ4v) is 9.15. The number of thioether (sulfide) groups is 2. The average Bonchev–Trinajstić information content (AvgIpc) is 3.54. The Hall–Kier alpha value is -3.79. The molecule has 1 aliphatic rings. The topological polar surface area (TPSA) is 80.8 Å². The van der Waals surface area contributed by atoms with Crippen molar-refractivity contribution in [3.8, 4) is 5.75 Å². The number of alkyl halides is 1. The molecular formula is C36H34ClFN2O4S2. The van der Waals surface area contributed by atoms with Crippen molar-refractivity contribution in [2.75, 3.05) is 6.61 Å². The minimum Gasteiger partial charge on any atom is -0.492 e. The Kier molecular flexibility index (Phi) is 10.5. The normalized spacial score (nSPS) is 19.5. The van der Waals surface area contributed by atoms with E-state index in [0.29, 0.717) is 28.9 Å². The number of benzene rings is 4. The minimum absolute atomic E-state index is 0.0374. The molecule has 0 bridgehead atoms. The van der Waals surface area contributed by atoms with Crippen LogP contribution in [0.1, 0.15) is 61.7 Å². The Morgan fingerprint density at radius 1 is 0.913 bits per heavy atom. The van der Waals surface area contributed by atoms with E-state index in [0.717, 1.165) is 32.9 Å². The molecule has 1 fully saturated rings. The minimum atomic E-state index is -0.647. The van der Waals surface area contributed by atoms with Gasteiger partial charge in [-0.05, 0) is 49.4 Å². The number of oxime groups is 1. The predicted molar refractivity (Wildman–Crippen MR) is 189 cm³/mol. The van der Waals surface area contributed by atoms with Gasteiger partial charge in [0.2, 0.25) is 0 Å². The maximum Gasteiger partial charge on any atom is 0.332 e. The van der Waals surface area contributed by atoms with Gasteiger partial charge in [-0.25, -0.2) is 9.18 Å². The zero-order valence-electron chi connectivity index (χ0n) is 26.1. The van der Waals surface area contributed by atoms with Gasteiger partial charge in [0.05, 0.1) is 10.8 Å². The maximum atomic E-state index is 15.2. The number of H-pyrrole nitrogens is 1. The van der Waals surface area contributed by atoms with Crippen LogP contribution in [0.2, 0.25) is 0 Å². The van der Waals surface area contributed by atoms with E-state index in [9.17, 15) is 9.59 Å². The van der Waals surface area contributed by atoms with Gasteiger partial charge in [-0.1, -0.05) is 73.9 Å².